The smallest absolute Gasteiger partial charge is 0.327 e. The van der Waals surface area contributed by atoms with E-state index < -0.39 is 0 Å². The fourth-order valence-electron chi connectivity index (χ4n) is 0.778. The maximum absolute atomic E-state index is 10.8. The predicted octanol–water partition coefficient (Wildman–Crippen LogP) is -0.231. The molecule has 1 unspecified atom stereocenters. The second-order valence-electron chi connectivity index (χ2n) is 2.60. The van der Waals surface area contributed by atoms with E-state index in [4.69, 9.17) is 11.6 Å². The first-order valence-electron chi connectivity index (χ1n) is 4.17. The monoisotopic (exact) mass is 207 g/mol. The van der Waals surface area contributed by atoms with Gasteiger partial charge in [0.15, 0.2) is 0 Å². The predicted molar refractivity (Wildman–Crippen MR) is 53.6 cm³/mol. The number of nitrogens with two attached hydrogens (primary N) is 2. The van der Waals surface area contributed by atoms with E-state index in [0.717, 1.165) is 12.2 Å². The number of carbonyl (C=O) groups excluding carboxylic acids is 1. The number of thioether (sulfide) groups is 1. The van der Waals surface area contributed by atoms with Crippen LogP contribution in [0.1, 0.15) is 19.8 Å². The third-order valence-corrected chi connectivity index (χ3v) is 2.70. The highest BCUT2D eigenvalue weighted by atomic mass is 32.2. The summed E-state index contributed by atoms with van der Waals surface area (Å²) < 4.78 is 0. The van der Waals surface area contributed by atoms with Gasteiger partial charge < -0.3 is 10.6 Å². The molecule has 0 bridgehead atoms. The Bertz CT molecular complexity index is 146. The summed E-state index contributed by atoms with van der Waals surface area (Å²) in [6.45, 7) is 2.77. The standard InChI is InChI=1S/C7H17N3O2S/c1-6(2-4-8)13-5-3-7(11)12-10-9/h6,10H,2-5,8-9H2,1H3. The van der Waals surface area contributed by atoms with Gasteiger partial charge in [-0.25, -0.2) is 5.84 Å². The zero-order valence-corrected chi connectivity index (χ0v) is 8.60. The molecule has 1 atom stereocenters. The van der Waals surface area contributed by atoms with E-state index in [0.29, 0.717) is 18.2 Å². The van der Waals surface area contributed by atoms with Crippen LogP contribution < -0.4 is 17.2 Å². The lowest BCUT2D eigenvalue weighted by Gasteiger charge is -2.08. The van der Waals surface area contributed by atoms with Gasteiger partial charge in [-0.15, -0.1) is 0 Å². The largest absolute Gasteiger partial charge is 0.356 e. The molecular weight excluding hydrogens is 190 g/mol. The van der Waals surface area contributed by atoms with E-state index in [2.05, 4.69) is 11.8 Å². The van der Waals surface area contributed by atoms with Gasteiger partial charge in [0.1, 0.15) is 0 Å². The average Bonchev–Trinajstić information content (AvgIpc) is 2.05. The Morgan fingerprint density at radius 3 is 2.92 bits per heavy atom. The Kier molecular flexibility index (Phi) is 8.11. The summed E-state index contributed by atoms with van der Waals surface area (Å²) in [5.41, 5.74) is 7.23. The van der Waals surface area contributed by atoms with E-state index >= 15 is 0 Å². The van der Waals surface area contributed by atoms with Crippen molar-refractivity contribution in [1.82, 2.24) is 5.59 Å². The summed E-state index contributed by atoms with van der Waals surface area (Å²) in [5.74, 6) is 5.19. The topological polar surface area (TPSA) is 90.4 Å². The number of hydrazine groups is 1. The molecule has 78 valence electrons. The second-order valence-corrected chi connectivity index (χ2v) is 4.15. The SMILES string of the molecule is CC(CCN)SCCC(=O)ONN. The van der Waals surface area contributed by atoms with E-state index in [1.165, 1.54) is 0 Å². The van der Waals surface area contributed by atoms with E-state index in [1.807, 2.05) is 5.59 Å². The molecule has 5 nitrogen and oxygen atoms in total. The molecule has 0 fully saturated rings. The fraction of sp³-hybridized carbons (Fsp3) is 0.857. The van der Waals surface area contributed by atoms with Gasteiger partial charge in [0.05, 0.1) is 6.42 Å². The van der Waals surface area contributed by atoms with Crippen molar-refractivity contribution in [2.75, 3.05) is 12.3 Å². The Labute approximate surface area is 82.5 Å². The first-order chi connectivity index (χ1) is 6.20. The molecule has 0 spiro atoms. The Balaban J connectivity index is 3.28. The summed E-state index contributed by atoms with van der Waals surface area (Å²) >= 11 is 1.71. The Morgan fingerprint density at radius 2 is 2.38 bits per heavy atom. The number of hydrogen-bond acceptors (Lipinski definition) is 6. The van der Waals surface area contributed by atoms with Crippen molar-refractivity contribution in [3.8, 4) is 0 Å². The summed E-state index contributed by atoms with van der Waals surface area (Å²) in [6, 6.07) is 0. The van der Waals surface area contributed by atoms with Crippen LogP contribution in [-0.2, 0) is 9.63 Å². The van der Waals surface area contributed by atoms with Crippen LogP contribution in [0.25, 0.3) is 0 Å². The molecule has 0 aliphatic carbocycles. The molecule has 0 saturated carbocycles. The van der Waals surface area contributed by atoms with Gasteiger partial charge in [-0.05, 0) is 13.0 Å². The lowest BCUT2D eigenvalue weighted by Crippen LogP contribution is -2.26. The summed E-state index contributed by atoms with van der Waals surface area (Å²) in [7, 11) is 0. The molecule has 0 radical (unpaired) electrons. The highest BCUT2D eigenvalue weighted by Gasteiger charge is 2.05. The molecule has 13 heavy (non-hydrogen) atoms. The van der Waals surface area contributed by atoms with E-state index in [-0.39, 0.29) is 5.97 Å². The van der Waals surface area contributed by atoms with E-state index in [1.54, 1.807) is 11.8 Å². The van der Waals surface area contributed by atoms with Crippen LogP contribution in [0.4, 0.5) is 0 Å². The number of carbonyl (C=O) groups is 1. The summed E-state index contributed by atoms with van der Waals surface area (Å²) in [6.07, 6.45) is 1.33. The molecule has 0 heterocycles. The van der Waals surface area contributed by atoms with Gasteiger partial charge in [0.25, 0.3) is 0 Å². The molecule has 0 saturated heterocycles. The van der Waals surface area contributed by atoms with Crippen molar-refractivity contribution in [1.29, 1.82) is 0 Å². The molecule has 0 aromatic carbocycles. The van der Waals surface area contributed by atoms with Crippen molar-refractivity contribution >= 4 is 17.7 Å². The molecule has 0 aromatic heterocycles. The Hall–Kier alpha value is -0.300. The minimum atomic E-state index is -0.338. The first-order valence-corrected chi connectivity index (χ1v) is 5.22. The lowest BCUT2D eigenvalue weighted by molar-refractivity contribution is -0.150. The molecule has 6 heteroatoms. The first kappa shape index (κ1) is 12.7. The van der Waals surface area contributed by atoms with Gasteiger partial charge in [-0.3, -0.25) is 4.79 Å². The molecule has 0 amide bonds. The van der Waals surface area contributed by atoms with Crippen LogP contribution in [0.15, 0.2) is 0 Å². The maximum Gasteiger partial charge on any atom is 0.327 e. The third kappa shape index (κ3) is 8.04. The molecule has 5 N–H and O–H groups in total. The quantitative estimate of drug-likeness (QED) is 0.394. The molecule has 0 rings (SSSR count). The van der Waals surface area contributed by atoms with Crippen molar-refractivity contribution in [2.24, 2.45) is 11.6 Å². The molecule has 0 aliphatic heterocycles. The van der Waals surface area contributed by atoms with E-state index in [9.17, 15) is 4.79 Å². The van der Waals surface area contributed by atoms with Crippen molar-refractivity contribution in [3.05, 3.63) is 0 Å². The maximum atomic E-state index is 10.8. The van der Waals surface area contributed by atoms with Crippen LogP contribution in [0.3, 0.4) is 0 Å². The second kappa shape index (κ2) is 8.31. The van der Waals surface area contributed by atoms with Crippen LogP contribution in [0.5, 0.6) is 0 Å². The van der Waals surface area contributed by atoms with Crippen LogP contribution in [-0.4, -0.2) is 23.5 Å². The zero-order chi connectivity index (χ0) is 10.1. The van der Waals surface area contributed by atoms with Crippen LogP contribution >= 0.6 is 11.8 Å². The van der Waals surface area contributed by atoms with Crippen molar-refractivity contribution in [2.45, 2.75) is 25.0 Å². The van der Waals surface area contributed by atoms with Gasteiger partial charge in [0.2, 0.25) is 0 Å². The molecule has 0 aromatic rings. The fourth-order valence-corrected chi connectivity index (χ4v) is 1.77. The summed E-state index contributed by atoms with van der Waals surface area (Å²) in [4.78, 5) is 15.1. The molecule has 0 aliphatic rings. The van der Waals surface area contributed by atoms with Crippen molar-refractivity contribution in [3.63, 3.8) is 0 Å². The minimum Gasteiger partial charge on any atom is -0.356 e. The molecular formula is C7H17N3O2S. The number of nitrogens with one attached hydrogen (secondary N) is 1. The van der Waals surface area contributed by atoms with Gasteiger partial charge in [-0.2, -0.15) is 11.8 Å². The minimum absolute atomic E-state index is 0.338. The van der Waals surface area contributed by atoms with Crippen LogP contribution in [0, 0.1) is 0 Å². The zero-order valence-electron chi connectivity index (χ0n) is 7.79. The third-order valence-electron chi connectivity index (χ3n) is 1.45. The Morgan fingerprint density at radius 1 is 1.69 bits per heavy atom. The number of rotatable bonds is 7. The van der Waals surface area contributed by atoms with Gasteiger partial charge in [-0.1, -0.05) is 12.5 Å². The van der Waals surface area contributed by atoms with Gasteiger partial charge >= 0.3 is 5.97 Å². The summed E-state index contributed by atoms with van der Waals surface area (Å²) in [5, 5.41) is 0.489. The van der Waals surface area contributed by atoms with Crippen LogP contribution in [0.2, 0.25) is 0 Å². The number of hydrogen-bond donors (Lipinski definition) is 3. The highest BCUT2D eigenvalue weighted by molar-refractivity contribution is 7.99. The normalized spacial score (nSPS) is 12.5. The van der Waals surface area contributed by atoms with Crippen molar-refractivity contribution < 1.29 is 9.63 Å². The average molecular weight is 207 g/mol. The highest BCUT2D eigenvalue weighted by Crippen LogP contribution is 2.14. The lowest BCUT2D eigenvalue weighted by atomic mass is 10.3. The van der Waals surface area contributed by atoms with Gasteiger partial charge in [0, 0.05) is 11.0 Å².